The van der Waals surface area contributed by atoms with Crippen molar-refractivity contribution in [2.24, 2.45) is 29.1 Å². The van der Waals surface area contributed by atoms with Crippen LogP contribution in [0.15, 0.2) is 11.6 Å². The molecule has 2 aliphatic rings. The normalized spacial score (nSPS) is 45.9. The summed E-state index contributed by atoms with van der Waals surface area (Å²) in [6.07, 6.45) is 2.67. The average molecular weight is 238 g/mol. The monoisotopic (exact) mass is 238 g/mol. The molecular formula is C15H26O2. The third kappa shape index (κ3) is 1.77. The topological polar surface area (TPSA) is 29.5 Å². The Morgan fingerprint density at radius 3 is 2.65 bits per heavy atom. The summed E-state index contributed by atoms with van der Waals surface area (Å²) >= 11 is 0. The third-order valence-electron chi connectivity index (χ3n) is 5.24. The Morgan fingerprint density at radius 1 is 1.47 bits per heavy atom. The highest BCUT2D eigenvalue weighted by Gasteiger charge is 2.53. The Labute approximate surface area is 105 Å². The summed E-state index contributed by atoms with van der Waals surface area (Å²) < 4.78 is 6.11. The maximum atomic E-state index is 9.84. The molecule has 98 valence electrons. The summed E-state index contributed by atoms with van der Waals surface area (Å²) in [5.41, 5.74) is 1.39. The van der Waals surface area contributed by atoms with Crippen molar-refractivity contribution in [1.29, 1.82) is 0 Å². The number of ether oxygens (including phenoxy) is 1. The number of allylic oxidation sites excluding steroid dienone is 1. The predicted molar refractivity (Wildman–Crippen MR) is 69.7 cm³/mol. The molecule has 5 atom stereocenters. The first-order chi connectivity index (χ1) is 7.94. The number of aliphatic hydroxyl groups is 1. The van der Waals surface area contributed by atoms with Crippen molar-refractivity contribution in [2.75, 3.05) is 13.2 Å². The van der Waals surface area contributed by atoms with Gasteiger partial charge < -0.3 is 9.84 Å². The molecule has 0 aromatic carbocycles. The van der Waals surface area contributed by atoms with E-state index in [0.29, 0.717) is 36.4 Å². The van der Waals surface area contributed by atoms with Crippen LogP contribution in [-0.2, 0) is 4.74 Å². The van der Waals surface area contributed by atoms with Crippen molar-refractivity contribution in [3.63, 3.8) is 0 Å². The zero-order valence-corrected chi connectivity index (χ0v) is 11.7. The van der Waals surface area contributed by atoms with Gasteiger partial charge in [0.25, 0.3) is 0 Å². The number of rotatable bonds is 2. The van der Waals surface area contributed by atoms with E-state index in [9.17, 15) is 5.11 Å². The van der Waals surface area contributed by atoms with E-state index in [1.165, 1.54) is 5.57 Å². The van der Waals surface area contributed by atoms with E-state index in [2.05, 4.69) is 40.7 Å². The molecule has 1 fully saturated rings. The van der Waals surface area contributed by atoms with E-state index < -0.39 is 0 Å². The van der Waals surface area contributed by atoms with Gasteiger partial charge in [-0.1, -0.05) is 39.3 Å². The van der Waals surface area contributed by atoms with Crippen LogP contribution in [0.25, 0.3) is 0 Å². The van der Waals surface area contributed by atoms with Gasteiger partial charge in [-0.15, -0.1) is 0 Å². The van der Waals surface area contributed by atoms with Gasteiger partial charge >= 0.3 is 0 Å². The molecule has 1 aliphatic carbocycles. The first-order valence-electron chi connectivity index (χ1n) is 6.85. The van der Waals surface area contributed by atoms with E-state index in [1.54, 1.807) is 0 Å². The lowest BCUT2D eigenvalue weighted by Gasteiger charge is -2.55. The van der Waals surface area contributed by atoms with Gasteiger partial charge in [-0.05, 0) is 24.7 Å². The number of hydrogen-bond acceptors (Lipinski definition) is 2. The van der Waals surface area contributed by atoms with Gasteiger partial charge in [0.1, 0.15) is 0 Å². The van der Waals surface area contributed by atoms with E-state index in [4.69, 9.17) is 4.74 Å². The van der Waals surface area contributed by atoms with Crippen LogP contribution in [0, 0.1) is 29.1 Å². The first kappa shape index (κ1) is 13.1. The maximum Gasteiger partial charge on any atom is 0.0666 e. The molecule has 17 heavy (non-hydrogen) atoms. The summed E-state index contributed by atoms with van der Waals surface area (Å²) in [5, 5.41) is 9.84. The molecule has 0 aromatic rings. The van der Waals surface area contributed by atoms with Crippen molar-refractivity contribution in [3.8, 4) is 0 Å². The van der Waals surface area contributed by atoms with Crippen LogP contribution >= 0.6 is 0 Å². The summed E-state index contributed by atoms with van der Waals surface area (Å²) in [7, 11) is 0. The van der Waals surface area contributed by atoms with Crippen LogP contribution in [-0.4, -0.2) is 24.4 Å². The van der Waals surface area contributed by atoms with Gasteiger partial charge in [0.2, 0.25) is 0 Å². The molecule has 1 N–H and O–H groups in total. The number of hydrogen-bond donors (Lipinski definition) is 1. The van der Waals surface area contributed by atoms with E-state index in [-0.39, 0.29) is 12.0 Å². The van der Waals surface area contributed by atoms with Crippen molar-refractivity contribution in [2.45, 2.75) is 40.7 Å². The molecule has 0 amide bonds. The smallest absolute Gasteiger partial charge is 0.0666 e. The summed E-state index contributed by atoms with van der Waals surface area (Å²) in [6, 6.07) is 0. The second-order valence-electron chi connectivity index (χ2n) is 6.42. The standard InChI is InChI=1S/C15H26O2/c1-9(2)14-13-10(3)6-11(4)15(7-16,8-17-14)12(13)5/h6,9,11-14,16H,7-8H2,1-5H3/t11-,12-,13+,14+,15-/m1/s1. The highest BCUT2D eigenvalue weighted by molar-refractivity contribution is 5.21. The minimum absolute atomic E-state index is 0.0600. The van der Waals surface area contributed by atoms with Crippen LogP contribution in [0.1, 0.15) is 34.6 Å². The lowest BCUT2D eigenvalue weighted by atomic mass is 9.55. The fourth-order valence-corrected chi connectivity index (χ4v) is 3.94. The zero-order valence-electron chi connectivity index (χ0n) is 11.7. The van der Waals surface area contributed by atoms with Crippen LogP contribution in [0.5, 0.6) is 0 Å². The lowest BCUT2D eigenvalue weighted by Crippen LogP contribution is -2.57. The molecule has 2 nitrogen and oxygen atoms in total. The molecule has 0 aromatic heterocycles. The van der Waals surface area contributed by atoms with Gasteiger partial charge in [-0.3, -0.25) is 0 Å². The highest BCUT2D eigenvalue weighted by Crippen LogP contribution is 2.53. The van der Waals surface area contributed by atoms with Crippen LogP contribution in [0.3, 0.4) is 0 Å². The number of aliphatic hydroxyl groups excluding tert-OH is 1. The van der Waals surface area contributed by atoms with Crippen molar-refractivity contribution in [3.05, 3.63) is 11.6 Å². The summed E-state index contributed by atoms with van der Waals surface area (Å²) in [5.74, 6) is 1.93. The predicted octanol–water partition coefficient (Wildman–Crippen LogP) is 2.87. The van der Waals surface area contributed by atoms with E-state index in [1.807, 2.05) is 0 Å². The molecule has 0 spiro atoms. The SMILES string of the molecule is CC1=C[C@@H](C)[C@@]2(CO)CO[C@@H](C(C)C)[C@@H]1[C@H]2C. The Balaban J connectivity index is 2.41. The highest BCUT2D eigenvalue weighted by atomic mass is 16.5. The van der Waals surface area contributed by atoms with Crippen LogP contribution in [0.2, 0.25) is 0 Å². The summed E-state index contributed by atoms with van der Waals surface area (Å²) in [6.45, 7) is 12.1. The minimum atomic E-state index is -0.0600. The fraction of sp³-hybridized carbons (Fsp3) is 0.867. The maximum absolute atomic E-state index is 9.84. The van der Waals surface area contributed by atoms with Gasteiger partial charge in [0, 0.05) is 11.3 Å². The van der Waals surface area contributed by atoms with E-state index in [0.717, 1.165) is 0 Å². The van der Waals surface area contributed by atoms with Gasteiger partial charge in [-0.2, -0.15) is 0 Å². The van der Waals surface area contributed by atoms with Crippen molar-refractivity contribution in [1.82, 2.24) is 0 Å². The molecule has 0 unspecified atom stereocenters. The Kier molecular flexibility index (Phi) is 3.39. The fourth-order valence-electron chi connectivity index (χ4n) is 3.94. The molecule has 2 heteroatoms. The molecule has 1 saturated heterocycles. The third-order valence-corrected chi connectivity index (χ3v) is 5.24. The number of fused-ring (bicyclic) bond motifs is 2. The second-order valence-corrected chi connectivity index (χ2v) is 6.42. The van der Waals surface area contributed by atoms with Crippen molar-refractivity contribution >= 4 is 0 Å². The molecule has 2 bridgehead atoms. The molecule has 0 saturated carbocycles. The minimum Gasteiger partial charge on any atom is -0.396 e. The van der Waals surface area contributed by atoms with Crippen molar-refractivity contribution < 1.29 is 9.84 Å². The van der Waals surface area contributed by atoms with Crippen LogP contribution in [0.4, 0.5) is 0 Å². The average Bonchev–Trinajstić information content (AvgIpc) is 2.26. The lowest BCUT2D eigenvalue weighted by molar-refractivity contribution is -0.174. The second kappa shape index (κ2) is 4.40. The Morgan fingerprint density at radius 2 is 2.12 bits per heavy atom. The Bertz CT molecular complexity index is 321. The first-order valence-corrected chi connectivity index (χ1v) is 6.85. The van der Waals surface area contributed by atoms with Gasteiger partial charge in [-0.25, -0.2) is 0 Å². The van der Waals surface area contributed by atoms with Crippen LogP contribution < -0.4 is 0 Å². The zero-order chi connectivity index (χ0) is 12.8. The molecular weight excluding hydrogens is 212 g/mol. The summed E-state index contributed by atoms with van der Waals surface area (Å²) in [4.78, 5) is 0. The molecule has 1 aliphatic heterocycles. The Hall–Kier alpha value is -0.340. The van der Waals surface area contributed by atoms with Gasteiger partial charge in [0.15, 0.2) is 0 Å². The molecule has 2 rings (SSSR count). The van der Waals surface area contributed by atoms with Gasteiger partial charge in [0.05, 0.1) is 19.3 Å². The molecule has 0 radical (unpaired) electrons. The largest absolute Gasteiger partial charge is 0.396 e. The molecule has 1 heterocycles. The van der Waals surface area contributed by atoms with E-state index >= 15 is 0 Å². The quantitative estimate of drug-likeness (QED) is 0.750.